The van der Waals surface area contributed by atoms with E-state index < -0.39 is 0 Å². The maximum atomic E-state index is 11.8. The molecule has 1 atom stereocenters. The molecule has 1 aliphatic rings. The Kier molecular flexibility index (Phi) is 3.62. The number of fused-ring (bicyclic) bond motifs is 1. The second-order valence-electron chi connectivity index (χ2n) is 4.05. The lowest BCUT2D eigenvalue weighted by Gasteiger charge is -2.28. The Hall–Kier alpha value is -2.00. The predicted octanol–water partition coefficient (Wildman–Crippen LogP) is 2.14. The summed E-state index contributed by atoms with van der Waals surface area (Å²) in [5.41, 5.74) is 10.5. The average molecular weight is 230 g/mol. The SMILES string of the molecule is [N-]=[N+]=NCCCNC(=O)C1Cc2ccccc21. The molecule has 5 heteroatoms. The molecule has 0 spiro atoms. The normalized spacial score (nSPS) is 16.4. The van der Waals surface area contributed by atoms with E-state index in [4.69, 9.17) is 5.53 Å². The van der Waals surface area contributed by atoms with Gasteiger partial charge in [-0.1, -0.05) is 29.4 Å². The lowest BCUT2D eigenvalue weighted by molar-refractivity contribution is -0.123. The standard InChI is InChI=1S/C12H14N4O/c13-16-15-7-3-6-14-12(17)11-8-9-4-1-2-5-10(9)11/h1-2,4-5,11H,3,6-8H2,(H,14,17). The van der Waals surface area contributed by atoms with Crippen LogP contribution >= 0.6 is 0 Å². The number of hydrogen-bond donors (Lipinski definition) is 1. The molecular formula is C12H14N4O. The van der Waals surface area contributed by atoms with Gasteiger partial charge in [0.05, 0.1) is 5.92 Å². The summed E-state index contributed by atoms with van der Waals surface area (Å²) in [5, 5.41) is 6.27. The highest BCUT2D eigenvalue weighted by Gasteiger charge is 2.31. The highest BCUT2D eigenvalue weighted by Crippen LogP contribution is 2.34. The number of azide groups is 1. The molecule has 0 saturated carbocycles. The highest BCUT2D eigenvalue weighted by atomic mass is 16.1. The zero-order valence-corrected chi connectivity index (χ0v) is 9.47. The van der Waals surface area contributed by atoms with E-state index >= 15 is 0 Å². The maximum absolute atomic E-state index is 11.8. The molecule has 0 radical (unpaired) electrons. The molecule has 88 valence electrons. The largest absolute Gasteiger partial charge is 0.356 e. The fraction of sp³-hybridized carbons (Fsp3) is 0.417. The number of amides is 1. The third-order valence-corrected chi connectivity index (χ3v) is 2.97. The molecule has 17 heavy (non-hydrogen) atoms. The van der Waals surface area contributed by atoms with E-state index in [2.05, 4.69) is 21.4 Å². The number of rotatable bonds is 5. The lowest BCUT2D eigenvalue weighted by Crippen LogP contribution is -2.36. The molecule has 5 nitrogen and oxygen atoms in total. The molecule has 1 aromatic rings. The lowest BCUT2D eigenvalue weighted by atomic mass is 9.77. The average Bonchev–Trinajstić information content (AvgIpc) is 2.30. The molecule has 0 saturated heterocycles. The molecule has 0 aliphatic heterocycles. The molecule has 1 amide bonds. The van der Waals surface area contributed by atoms with Gasteiger partial charge in [0.2, 0.25) is 5.91 Å². The van der Waals surface area contributed by atoms with Gasteiger partial charge in [-0.3, -0.25) is 4.79 Å². The number of carbonyl (C=O) groups excluding carboxylic acids is 1. The van der Waals surface area contributed by atoms with Crippen LogP contribution in [0.2, 0.25) is 0 Å². The molecule has 1 N–H and O–H groups in total. The quantitative estimate of drug-likeness (QED) is 0.357. The van der Waals surface area contributed by atoms with Gasteiger partial charge >= 0.3 is 0 Å². The van der Waals surface area contributed by atoms with Crippen molar-refractivity contribution < 1.29 is 4.79 Å². The van der Waals surface area contributed by atoms with Gasteiger partial charge in [0, 0.05) is 18.0 Å². The van der Waals surface area contributed by atoms with Crippen molar-refractivity contribution in [3.05, 3.63) is 45.8 Å². The zero-order valence-electron chi connectivity index (χ0n) is 9.47. The minimum absolute atomic E-state index is 0.00525. The first-order chi connectivity index (χ1) is 8.33. The Bertz CT molecular complexity index is 465. The van der Waals surface area contributed by atoms with Crippen LogP contribution in [-0.4, -0.2) is 19.0 Å². The van der Waals surface area contributed by atoms with Crippen molar-refractivity contribution in [3.63, 3.8) is 0 Å². The molecule has 0 aromatic heterocycles. The summed E-state index contributed by atoms with van der Waals surface area (Å²) in [4.78, 5) is 14.5. The van der Waals surface area contributed by atoms with Gasteiger partial charge in [-0.25, -0.2) is 0 Å². The molecule has 1 aliphatic carbocycles. The van der Waals surface area contributed by atoms with Crippen LogP contribution in [0.1, 0.15) is 23.5 Å². The van der Waals surface area contributed by atoms with Gasteiger partial charge in [0.25, 0.3) is 0 Å². The van der Waals surface area contributed by atoms with Crippen molar-refractivity contribution in [1.29, 1.82) is 0 Å². The van der Waals surface area contributed by atoms with E-state index in [1.807, 2.05) is 18.2 Å². The summed E-state index contributed by atoms with van der Waals surface area (Å²) in [6.45, 7) is 0.995. The van der Waals surface area contributed by atoms with E-state index in [0.717, 1.165) is 12.0 Å². The molecular weight excluding hydrogens is 216 g/mol. The molecule has 0 fully saturated rings. The van der Waals surface area contributed by atoms with Gasteiger partial charge < -0.3 is 5.32 Å². The first kappa shape index (κ1) is 11.5. The van der Waals surface area contributed by atoms with Crippen LogP contribution in [0.25, 0.3) is 10.4 Å². The highest BCUT2D eigenvalue weighted by molar-refractivity contribution is 5.86. The van der Waals surface area contributed by atoms with Crippen LogP contribution in [0.15, 0.2) is 29.4 Å². The second-order valence-corrected chi connectivity index (χ2v) is 4.05. The predicted molar refractivity (Wildman–Crippen MR) is 64.5 cm³/mol. The summed E-state index contributed by atoms with van der Waals surface area (Å²) < 4.78 is 0. The third-order valence-electron chi connectivity index (χ3n) is 2.97. The fourth-order valence-electron chi connectivity index (χ4n) is 2.02. The van der Waals surface area contributed by atoms with Crippen LogP contribution in [0.4, 0.5) is 0 Å². The van der Waals surface area contributed by atoms with Gasteiger partial charge in [-0.2, -0.15) is 0 Å². The molecule has 0 heterocycles. The first-order valence-electron chi connectivity index (χ1n) is 5.69. The Morgan fingerprint density at radius 1 is 1.53 bits per heavy atom. The van der Waals surface area contributed by atoms with Crippen LogP contribution in [-0.2, 0) is 11.2 Å². The van der Waals surface area contributed by atoms with E-state index in [1.54, 1.807) is 0 Å². The van der Waals surface area contributed by atoms with Crippen molar-refractivity contribution in [1.82, 2.24) is 5.32 Å². The van der Waals surface area contributed by atoms with E-state index in [0.29, 0.717) is 19.5 Å². The summed E-state index contributed by atoms with van der Waals surface area (Å²) in [6, 6.07) is 8.01. The maximum Gasteiger partial charge on any atom is 0.227 e. The Labute approximate surface area is 99.5 Å². The summed E-state index contributed by atoms with van der Waals surface area (Å²) >= 11 is 0. The Balaban J connectivity index is 1.77. The van der Waals surface area contributed by atoms with Crippen LogP contribution in [0.5, 0.6) is 0 Å². The van der Waals surface area contributed by atoms with E-state index in [1.165, 1.54) is 5.56 Å². The number of benzene rings is 1. The fourth-order valence-corrected chi connectivity index (χ4v) is 2.02. The van der Waals surface area contributed by atoms with Gasteiger partial charge in [0.1, 0.15) is 0 Å². The van der Waals surface area contributed by atoms with Gasteiger partial charge in [-0.05, 0) is 29.5 Å². The smallest absolute Gasteiger partial charge is 0.227 e. The topological polar surface area (TPSA) is 77.9 Å². The summed E-state index contributed by atoms with van der Waals surface area (Å²) in [6.07, 6.45) is 1.52. The van der Waals surface area contributed by atoms with Gasteiger partial charge in [-0.15, -0.1) is 0 Å². The second kappa shape index (κ2) is 5.37. The monoisotopic (exact) mass is 230 g/mol. The number of nitrogens with zero attached hydrogens (tertiary/aromatic N) is 3. The first-order valence-corrected chi connectivity index (χ1v) is 5.69. The molecule has 1 aromatic carbocycles. The van der Waals surface area contributed by atoms with Crippen molar-refractivity contribution in [2.45, 2.75) is 18.8 Å². The van der Waals surface area contributed by atoms with Crippen molar-refractivity contribution in [2.24, 2.45) is 5.11 Å². The van der Waals surface area contributed by atoms with Crippen LogP contribution in [0.3, 0.4) is 0 Å². The summed E-state index contributed by atoms with van der Waals surface area (Å²) in [7, 11) is 0. The number of carbonyl (C=O) groups is 1. The minimum atomic E-state index is 0.00525. The zero-order chi connectivity index (χ0) is 12.1. The van der Waals surface area contributed by atoms with E-state index in [9.17, 15) is 4.79 Å². The van der Waals surface area contributed by atoms with Gasteiger partial charge in [0.15, 0.2) is 0 Å². The minimum Gasteiger partial charge on any atom is -0.356 e. The number of nitrogens with one attached hydrogen (secondary N) is 1. The Morgan fingerprint density at radius 2 is 2.35 bits per heavy atom. The molecule has 0 bridgehead atoms. The number of hydrogen-bond acceptors (Lipinski definition) is 2. The molecule has 2 rings (SSSR count). The van der Waals surface area contributed by atoms with Crippen molar-refractivity contribution in [3.8, 4) is 0 Å². The summed E-state index contributed by atoms with van der Waals surface area (Å²) in [5.74, 6) is 0.0790. The Morgan fingerprint density at radius 3 is 3.12 bits per heavy atom. The van der Waals surface area contributed by atoms with E-state index in [-0.39, 0.29) is 11.8 Å². The molecule has 1 unspecified atom stereocenters. The van der Waals surface area contributed by atoms with Crippen LogP contribution in [0, 0.1) is 0 Å². The third kappa shape index (κ3) is 2.57. The van der Waals surface area contributed by atoms with Crippen LogP contribution < -0.4 is 5.32 Å². The van der Waals surface area contributed by atoms with Crippen molar-refractivity contribution in [2.75, 3.05) is 13.1 Å². The van der Waals surface area contributed by atoms with Crippen molar-refractivity contribution >= 4 is 5.91 Å².